The minimum atomic E-state index is -0.932. The molecule has 1 atom stereocenters. The number of hydrogen-bond acceptors (Lipinski definition) is 9. The maximum Gasteiger partial charge on any atom is 0.311 e. The third kappa shape index (κ3) is 17.5. The number of aliphatic carboxylic acids is 1. The van der Waals surface area contributed by atoms with Gasteiger partial charge in [0.15, 0.2) is 6.10 Å². The summed E-state index contributed by atoms with van der Waals surface area (Å²) in [6.45, 7) is 12.8. The Morgan fingerprint density at radius 1 is 0.830 bits per heavy atom. The first kappa shape index (κ1) is 41.1. The highest BCUT2D eigenvalue weighted by Crippen LogP contribution is 2.38. The van der Waals surface area contributed by atoms with Crippen molar-refractivity contribution in [3.8, 4) is 5.75 Å². The number of esters is 4. The van der Waals surface area contributed by atoms with Crippen molar-refractivity contribution in [2.24, 2.45) is 5.92 Å². The van der Waals surface area contributed by atoms with E-state index in [0.717, 1.165) is 24.0 Å². The number of ether oxygens (including phenoxy) is 4. The monoisotopic (exact) mass is 658 g/mol. The predicted molar refractivity (Wildman–Crippen MR) is 179 cm³/mol. The second kappa shape index (κ2) is 21.8. The highest BCUT2D eigenvalue weighted by molar-refractivity contribution is 5.74. The molecule has 0 saturated carbocycles. The molecule has 262 valence electrons. The van der Waals surface area contributed by atoms with Gasteiger partial charge < -0.3 is 24.1 Å². The second-order valence-corrected chi connectivity index (χ2v) is 12.6. The quantitative estimate of drug-likeness (QED) is 0.0445. The van der Waals surface area contributed by atoms with Gasteiger partial charge in [0.2, 0.25) is 0 Å². The molecule has 0 spiro atoms. The first-order valence-electron chi connectivity index (χ1n) is 16.5. The lowest BCUT2D eigenvalue weighted by atomic mass is 9.78. The Morgan fingerprint density at radius 2 is 1.40 bits per heavy atom. The maximum absolute atomic E-state index is 12.8. The van der Waals surface area contributed by atoms with E-state index in [9.17, 15) is 29.1 Å². The fourth-order valence-corrected chi connectivity index (χ4v) is 5.20. The number of aryl methyl sites for hydroxylation is 2. The number of hydrogen-bond donors (Lipinski definition) is 1. The standard InChI is InChI=1S/C37H54O10/c1-8-10-12-17-32(40)44-24-29(25-45-33(41)18-13-11-9-2)46-35(43)22-26(3)16-14-15-19-34(42)47-30-21-27(4)20-28(5)36(30)37(6,7)23-31(38)39/h10-13,20-21,26,29H,8-9,14-19,22-25H2,1-7H3,(H,38,39)/b12-10-,13-11-. The summed E-state index contributed by atoms with van der Waals surface area (Å²) in [5.74, 6) is -2.45. The minimum absolute atomic E-state index is 0.0505. The summed E-state index contributed by atoms with van der Waals surface area (Å²) in [4.78, 5) is 61.0. The van der Waals surface area contributed by atoms with Crippen LogP contribution in [0.1, 0.15) is 116 Å². The third-order valence-electron chi connectivity index (χ3n) is 7.31. The highest BCUT2D eigenvalue weighted by Gasteiger charge is 2.30. The smallest absolute Gasteiger partial charge is 0.311 e. The molecular formula is C37H54O10. The molecule has 0 bridgehead atoms. The van der Waals surface area contributed by atoms with Gasteiger partial charge in [-0.25, -0.2) is 0 Å². The van der Waals surface area contributed by atoms with E-state index in [2.05, 4.69) is 0 Å². The van der Waals surface area contributed by atoms with Crippen molar-refractivity contribution >= 4 is 29.8 Å². The van der Waals surface area contributed by atoms with E-state index in [1.54, 1.807) is 18.2 Å². The van der Waals surface area contributed by atoms with Crippen LogP contribution < -0.4 is 4.74 Å². The summed E-state index contributed by atoms with van der Waals surface area (Å²) in [5, 5.41) is 9.39. The number of benzene rings is 1. The lowest BCUT2D eigenvalue weighted by molar-refractivity contribution is -0.166. The van der Waals surface area contributed by atoms with Crippen LogP contribution in [0.15, 0.2) is 36.4 Å². The molecular weight excluding hydrogens is 604 g/mol. The Kier molecular flexibility index (Phi) is 19.0. The molecule has 10 nitrogen and oxygen atoms in total. The maximum atomic E-state index is 12.8. The summed E-state index contributed by atoms with van der Waals surface area (Å²) in [6, 6.07) is 3.71. The molecule has 0 aliphatic carbocycles. The van der Waals surface area contributed by atoms with Gasteiger partial charge in [-0.1, -0.05) is 77.8 Å². The van der Waals surface area contributed by atoms with Crippen LogP contribution in [-0.2, 0) is 43.6 Å². The van der Waals surface area contributed by atoms with Gasteiger partial charge in [-0.15, -0.1) is 0 Å². The van der Waals surface area contributed by atoms with E-state index in [1.165, 1.54) is 0 Å². The number of carboxylic acid groups (broad SMARTS) is 1. The molecule has 10 heteroatoms. The molecule has 1 aromatic carbocycles. The number of rotatable bonds is 22. The molecule has 0 aromatic heterocycles. The van der Waals surface area contributed by atoms with E-state index in [1.807, 2.05) is 66.7 Å². The first-order valence-corrected chi connectivity index (χ1v) is 16.5. The fourth-order valence-electron chi connectivity index (χ4n) is 5.20. The van der Waals surface area contributed by atoms with Gasteiger partial charge in [0.05, 0.1) is 19.3 Å². The number of unbranched alkanes of at least 4 members (excludes halogenated alkanes) is 1. The van der Waals surface area contributed by atoms with Gasteiger partial charge in [-0.2, -0.15) is 0 Å². The molecule has 1 aromatic rings. The fraction of sp³-hybridized carbons (Fsp3) is 0.595. The Balaban J connectivity index is 2.65. The van der Waals surface area contributed by atoms with E-state index < -0.39 is 41.4 Å². The molecule has 0 amide bonds. The van der Waals surface area contributed by atoms with Gasteiger partial charge in [-0.05, 0) is 56.2 Å². The van der Waals surface area contributed by atoms with Crippen LogP contribution in [0.5, 0.6) is 5.75 Å². The van der Waals surface area contributed by atoms with Crippen molar-refractivity contribution in [2.45, 2.75) is 124 Å². The van der Waals surface area contributed by atoms with E-state index in [0.29, 0.717) is 30.6 Å². The van der Waals surface area contributed by atoms with Crippen molar-refractivity contribution in [3.05, 3.63) is 53.1 Å². The molecule has 0 aliphatic rings. The Morgan fingerprint density at radius 3 is 1.94 bits per heavy atom. The molecule has 0 heterocycles. The molecule has 0 saturated heterocycles. The number of carbonyl (C=O) groups excluding carboxylic acids is 4. The lowest BCUT2D eigenvalue weighted by Gasteiger charge is -2.28. The second-order valence-electron chi connectivity index (χ2n) is 12.6. The van der Waals surface area contributed by atoms with Crippen molar-refractivity contribution in [1.82, 2.24) is 0 Å². The van der Waals surface area contributed by atoms with Crippen LogP contribution in [0.4, 0.5) is 0 Å². The largest absolute Gasteiger partial charge is 0.481 e. The SMILES string of the molecule is CC/C=C\CC(=O)OCC(COC(=O)C/C=C\CC)OC(=O)CC(C)CCCCC(=O)Oc1cc(C)cc(C)c1C(C)(C)CC(=O)O. The molecule has 0 radical (unpaired) electrons. The summed E-state index contributed by atoms with van der Waals surface area (Å²) >= 11 is 0. The van der Waals surface area contributed by atoms with Gasteiger partial charge in [0, 0.05) is 23.8 Å². The summed E-state index contributed by atoms with van der Waals surface area (Å²) < 4.78 is 21.8. The summed E-state index contributed by atoms with van der Waals surface area (Å²) in [6.07, 6.45) is 9.98. The topological polar surface area (TPSA) is 142 Å². The average molecular weight is 659 g/mol. The van der Waals surface area contributed by atoms with Crippen molar-refractivity contribution in [1.29, 1.82) is 0 Å². The number of carboxylic acids is 1. The molecule has 0 fully saturated rings. The van der Waals surface area contributed by atoms with Crippen LogP contribution >= 0.6 is 0 Å². The number of carbonyl (C=O) groups is 5. The summed E-state index contributed by atoms with van der Waals surface area (Å²) in [5.41, 5.74) is 1.75. The van der Waals surface area contributed by atoms with Crippen molar-refractivity contribution in [2.75, 3.05) is 13.2 Å². The van der Waals surface area contributed by atoms with Crippen molar-refractivity contribution in [3.63, 3.8) is 0 Å². The summed E-state index contributed by atoms with van der Waals surface area (Å²) in [7, 11) is 0. The third-order valence-corrected chi connectivity index (χ3v) is 7.31. The van der Waals surface area contributed by atoms with Crippen LogP contribution in [0.3, 0.4) is 0 Å². The van der Waals surface area contributed by atoms with E-state index >= 15 is 0 Å². The van der Waals surface area contributed by atoms with Crippen LogP contribution in [0.25, 0.3) is 0 Å². The predicted octanol–water partition coefficient (Wildman–Crippen LogP) is 7.26. The molecule has 1 rings (SSSR count). The zero-order chi connectivity index (χ0) is 35.4. The Labute approximate surface area is 279 Å². The van der Waals surface area contributed by atoms with E-state index in [4.69, 9.17) is 18.9 Å². The minimum Gasteiger partial charge on any atom is -0.481 e. The van der Waals surface area contributed by atoms with E-state index in [-0.39, 0.29) is 51.2 Å². The van der Waals surface area contributed by atoms with Gasteiger partial charge >= 0.3 is 29.8 Å². The average Bonchev–Trinajstić information content (AvgIpc) is 2.95. The first-order chi connectivity index (χ1) is 22.2. The molecule has 1 N–H and O–H groups in total. The Hall–Kier alpha value is -3.95. The van der Waals surface area contributed by atoms with Crippen LogP contribution in [0.2, 0.25) is 0 Å². The zero-order valence-corrected chi connectivity index (χ0v) is 29.2. The normalized spacial score (nSPS) is 12.3. The van der Waals surface area contributed by atoms with Crippen LogP contribution in [0, 0.1) is 19.8 Å². The molecule has 0 aliphatic heterocycles. The zero-order valence-electron chi connectivity index (χ0n) is 29.2. The van der Waals surface area contributed by atoms with Gasteiger partial charge in [0.1, 0.15) is 19.0 Å². The lowest BCUT2D eigenvalue weighted by Crippen LogP contribution is -2.31. The Bertz CT molecular complexity index is 1210. The highest BCUT2D eigenvalue weighted by atomic mass is 16.6. The van der Waals surface area contributed by atoms with Crippen molar-refractivity contribution < 1.29 is 48.0 Å². The number of allylic oxidation sites excluding steroid dienone is 2. The van der Waals surface area contributed by atoms with Crippen LogP contribution in [-0.4, -0.2) is 54.3 Å². The van der Waals surface area contributed by atoms with Gasteiger partial charge in [-0.3, -0.25) is 24.0 Å². The molecule has 1 unspecified atom stereocenters. The van der Waals surface area contributed by atoms with Gasteiger partial charge in [0.25, 0.3) is 0 Å². The molecule has 47 heavy (non-hydrogen) atoms.